The third-order valence-corrected chi connectivity index (χ3v) is 6.81. The predicted molar refractivity (Wildman–Crippen MR) is 111 cm³/mol. The zero-order chi connectivity index (χ0) is 20.3. The van der Waals surface area contributed by atoms with Crippen molar-refractivity contribution in [2.24, 2.45) is 0 Å². The maximum Gasteiger partial charge on any atom is 0.209 e. The molecule has 1 aliphatic heterocycles. The van der Waals surface area contributed by atoms with Crippen LogP contribution in [0, 0.1) is 0 Å². The number of nitrogens with one attached hydrogen (secondary N) is 1. The predicted octanol–water partition coefficient (Wildman–Crippen LogP) is 2.91. The van der Waals surface area contributed by atoms with E-state index in [9.17, 15) is 8.42 Å². The third-order valence-electron chi connectivity index (χ3n) is 6.08. The minimum Gasteiger partial charge on any atom is -0.376 e. The van der Waals surface area contributed by atoms with E-state index in [0.29, 0.717) is 25.5 Å². The van der Waals surface area contributed by atoms with E-state index in [1.54, 1.807) is 6.07 Å². The molecule has 2 fully saturated rings. The Balaban J connectivity index is 1.36. The van der Waals surface area contributed by atoms with Gasteiger partial charge < -0.3 is 14.2 Å². The molecule has 1 saturated carbocycles. The van der Waals surface area contributed by atoms with E-state index in [-0.39, 0.29) is 18.2 Å². The van der Waals surface area contributed by atoms with Gasteiger partial charge in [-0.3, -0.25) is 0 Å². The van der Waals surface area contributed by atoms with Crippen molar-refractivity contribution in [3.05, 3.63) is 48.2 Å². The molecule has 1 aromatic carbocycles. The van der Waals surface area contributed by atoms with Crippen molar-refractivity contribution in [1.29, 1.82) is 0 Å². The lowest BCUT2D eigenvalue weighted by molar-refractivity contribution is 0.0156. The summed E-state index contributed by atoms with van der Waals surface area (Å²) in [7, 11) is -3.29. The maximum atomic E-state index is 11.8. The molecule has 0 spiro atoms. The molecule has 158 valence electrons. The lowest BCUT2D eigenvalue weighted by atomic mass is 9.83. The van der Waals surface area contributed by atoms with Gasteiger partial charge in [0.05, 0.1) is 25.0 Å². The number of hydrogen-bond acceptors (Lipinski definition) is 6. The van der Waals surface area contributed by atoms with Crippen LogP contribution < -0.4 is 9.62 Å². The number of hydrogen-bond donors (Lipinski definition) is 1. The minimum absolute atomic E-state index is 0.0957. The summed E-state index contributed by atoms with van der Waals surface area (Å²) in [5, 5.41) is 4.04. The minimum atomic E-state index is -3.29. The van der Waals surface area contributed by atoms with Gasteiger partial charge in [0.15, 0.2) is 5.82 Å². The molecular formula is C21H29N3O4S. The van der Waals surface area contributed by atoms with E-state index in [0.717, 1.165) is 31.5 Å². The molecule has 0 bridgehead atoms. The summed E-state index contributed by atoms with van der Waals surface area (Å²) >= 11 is 0. The molecule has 29 heavy (non-hydrogen) atoms. The molecule has 0 radical (unpaired) electrons. The highest BCUT2D eigenvalue weighted by Gasteiger charge is 2.38. The normalized spacial score (nSPS) is 28.0. The number of aromatic nitrogens is 1. The molecule has 1 saturated heterocycles. The molecule has 2 aromatic rings. The standard InChI is InChI=1S/C21H29N3O4S/c1-29(25,26)23-19-11-13-24(21-12-14-28-22-21)20(19)15-27-18-9-7-17(8-10-18)16-5-3-2-4-6-16/h2-6,12,14,17-20,23H,7-11,13,15H2,1H3/t17?,18?,19-,20-/m0/s1. The fourth-order valence-corrected chi connectivity index (χ4v) is 5.46. The van der Waals surface area contributed by atoms with Crippen LogP contribution in [0.25, 0.3) is 0 Å². The first-order valence-corrected chi connectivity index (χ1v) is 12.2. The van der Waals surface area contributed by atoms with Gasteiger partial charge in [-0.05, 0) is 43.6 Å². The molecular weight excluding hydrogens is 390 g/mol. The topological polar surface area (TPSA) is 84.7 Å². The first-order valence-electron chi connectivity index (χ1n) is 10.3. The summed E-state index contributed by atoms with van der Waals surface area (Å²) in [5.41, 5.74) is 1.41. The highest BCUT2D eigenvalue weighted by molar-refractivity contribution is 7.88. The fraction of sp³-hybridized carbons (Fsp3) is 0.571. The number of nitrogens with zero attached hydrogens (tertiary/aromatic N) is 2. The van der Waals surface area contributed by atoms with Crippen LogP contribution in [0.1, 0.15) is 43.6 Å². The summed E-state index contributed by atoms with van der Waals surface area (Å²) < 4.78 is 37.6. The quantitative estimate of drug-likeness (QED) is 0.743. The Labute approximate surface area is 172 Å². The SMILES string of the molecule is CS(=O)(=O)N[C@H]1CCN(c2ccon2)[C@H]1COC1CCC(c2ccccc2)CC1. The Bertz CT molecular complexity index is 865. The van der Waals surface area contributed by atoms with E-state index in [1.165, 1.54) is 18.1 Å². The van der Waals surface area contributed by atoms with Gasteiger partial charge in [0, 0.05) is 18.7 Å². The van der Waals surface area contributed by atoms with Gasteiger partial charge in [0.1, 0.15) is 6.26 Å². The second-order valence-corrected chi connectivity index (χ2v) is 9.90. The van der Waals surface area contributed by atoms with Crippen molar-refractivity contribution in [1.82, 2.24) is 9.88 Å². The Morgan fingerprint density at radius 2 is 1.90 bits per heavy atom. The highest BCUT2D eigenvalue weighted by atomic mass is 32.2. The fourth-order valence-electron chi connectivity index (χ4n) is 4.63. The van der Waals surface area contributed by atoms with Crippen LogP contribution in [-0.2, 0) is 14.8 Å². The smallest absolute Gasteiger partial charge is 0.209 e. The van der Waals surface area contributed by atoms with Crippen molar-refractivity contribution in [3.63, 3.8) is 0 Å². The first-order chi connectivity index (χ1) is 14.0. The van der Waals surface area contributed by atoms with E-state index in [2.05, 4.69) is 45.1 Å². The summed E-state index contributed by atoms with van der Waals surface area (Å²) in [6.45, 7) is 1.19. The summed E-state index contributed by atoms with van der Waals surface area (Å²) in [6.07, 6.45) is 7.97. The van der Waals surface area contributed by atoms with Crippen molar-refractivity contribution in [2.45, 2.75) is 56.2 Å². The number of sulfonamides is 1. The molecule has 1 aromatic heterocycles. The van der Waals surface area contributed by atoms with E-state index in [1.807, 2.05) is 0 Å². The van der Waals surface area contributed by atoms with Crippen molar-refractivity contribution in [3.8, 4) is 0 Å². The molecule has 2 atom stereocenters. The molecule has 0 unspecified atom stereocenters. The van der Waals surface area contributed by atoms with Gasteiger partial charge in [-0.25, -0.2) is 13.1 Å². The zero-order valence-corrected chi connectivity index (χ0v) is 17.6. The average Bonchev–Trinajstić information content (AvgIpc) is 3.36. The van der Waals surface area contributed by atoms with Crippen LogP contribution in [0.3, 0.4) is 0 Å². The van der Waals surface area contributed by atoms with Gasteiger partial charge in [-0.1, -0.05) is 35.5 Å². The van der Waals surface area contributed by atoms with E-state index in [4.69, 9.17) is 9.26 Å². The maximum absolute atomic E-state index is 11.8. The lowest BCUT2D eigenvalue weighted by Crippen LogP contribution is -2.48. The Morgan fingerprint density at radius 3 is 2.55 bits per heavy atom. The van der Waals surface area contributed by atoms with Crippen LogP contribution in [-0.4, -0.2) is 51.2 Å². The summed E-state index contributed by atoms with van der Waals surface area (Å²) in [6, 6.07) is 12.2. The zero-order valence-electron chi connectivity index (χ0n) is 16.7. The van der Waals surface area contributed by atoms with Crippen LogP contribution in [0.4, 0.5) is 5.82 Å². The second kappa shape index (κ2) is 8.85. The van der Waals surface area contributed by atoms with E-state index >= 15 is 0 Å². The molecule has 1 aliphatic carbocycles. The summed E-state index contributed by atoms with van der Waals surface area (Å²) in [5.74, 6) is 1.33. The van der Waals surface area contributed by atoms with Crippen LogP contribution in [0.5, 0.6) is 0 Å². The highest BCUT2D eigenvalue weighted by Crippen LogP contribution is 2.34. The number of benzene rings is 1. The Hall–Kier alpha value is -1.90. The van der Waals surface area contributed by atoms with Gasteiger partial charge in [-0.15, -0.1) is 0 Å². The molecule has 8 heteroatoms. The van der Waals surface area contributed by atoms with Crippen LogP contribution in [0.2, 0.25) is 0 Å². The lowest BCUT2D eigenvalue weighted by Gasteiger charge is -2.32. The largest absolute Gasteiger partial charge is 0.376 e. The van der Waals surface area contributed by atoms with Crippen molar-refractivity contribution < 1.29 is 17.7 Å². The third kappa shape index (κ3) is 5.18. The van der Waals surface area contributed by atoms with E-state index < -0.39 is 10.0 Å². The van der Waals surface area contributed by atoms with Gasteiger partial charge in [0.25, 0.3) is 0 Å². The number of rotatable bonds is 7. The molecule has 2 heterocycles. The molecule has 7 nitrogen and oxygen atoms in total. The van der Waals surface area contributed by atoms with Gasteiger partial charge in [0.2, 0.25) is 10.0 Å². The molecule has 2 aliphatic rings. The van der Waals surface area contributed by atoms with Crippen LogP contribution >= 0.6 is 0 Å². The Morgan fingerprint density at radius 1 is 1.14 bits per heavy atom. The van der Waals surface area contributed by atoms with Crippen molar-refractivity contribution in [2.75, 3.05) is 24.3 Å². The monoisotopic (exact) mass is 419 g/mol. The molecule has 1 N–H and O–H groups in total. The Kier molecular flexibility index (Phi) is 6.22. The molecule has 4 rings (SSSR count). The number of anilines is 1. The van der Waals surface area contributed by atoms with Crippen LogP contribution in [0.15, 0.2) is 47.2 Å². The molecule has 0 amide bonds. The van der Waals surface area contributed by atoms with Gasteiger partial charge >= 0.3 is 0 Å². The first kappa shape index (κ1) is 20.4. The summed E-state index contributed by atoms with van der Waals surface area (Å²) in [4.78, 5) is 2.09. The average molecular weight is 420 g/mol. The van der Waals surface area contributed by atoms with Gasteiger partial charge in [-0.2, -0.15) is 0 Å². The van der Waals surface area contributed by atoms with Crippen molar-refractivity contribution >= 4 is 15.8 Å². The number of ether oxygens (including phenoxy) is 1. The second-order valence-electron chi connectivity index (χ2n) is 8.12.